The molecule has 126 valence electrons. The summed E-state index contributed by atoms with van der Waals surface area (Å²) >= 11 is 1.41. The van der Waals surface area contributed by atoms with Gasteiger partial charge in [0.2, 0.25) is 5.91 Å². The molecular weight excluding hydrogens is 325 g/mol. The van der Waals surface area contributed by atoms with Crippen LogP contribution in [0.25, 0.3) is 11.3 Å². The number of amides is 1. The first-order chi connectivity index (χ1) is 11.6. The molecule has 1 aliphatic rings. The van der Waals surface area contributed by atoms with Gasteiger partial charge in [-0.3, -0.25) is 4.79 Å². The topological polar surface area (TPSA) is 46.1 Å². The second kappa shape index (κ2) is 7.75. The molecule has 2 aromatic rings. The fourth-order valence-electron chi connectivity index (χ4n) is 2.86. The largest absolute Gasteiger partial charge is 0.339 e. The SMILES string of the molecule is C[C@H]1CCCCN1C(=O)CSc1ccc(-c2ccc(F)cc2)nn1. The molecule has 0 aliphatic carbocycles. The summed E-state index contributed by atoms with van der Waals surface area (Å²) < 4.78 is 12.9. The number of carbonyl (C=O) groups excluding carboxylic acids is 1. The molecule has 0 N–H and O–H groups in total. The molecule has 24 heavy (non-hydrogen) atoms. The number of hydrogen-bond donors (Lipinski definition) is 0. The van der Waals surface area contributed by atoms with Crippen LogP contribution in [0.15, 0.2) is 41.4 Å². The molecule has 1 aromatic heterocycles. The highest BCUT2D eigenvalue weighted by Crippen LogP contribution is 2.22. The molecule has 1 aliphatic heterocycles. The molecular formula is C18H20FN3OS. The first-order valence-corrected chi connectivity index (χ1v) is 9.14. The third kappa shape index (κ3) is 4.12. The van der Waals surface area contributed by atoms with Crippen LogP contribution in [0, 0.1) is 5.82 Å². The van der Waals surface area contributed by atoms with Gasteiger partial charge in [-0.05, 0) is 62.6 Å². The molecule has 0 bridgehead atoms. The first kappa shape index (κ1) is 16.9. The predicted octanol–water partition coefficient (Wildman–Crippen LogP) is 3.78. The molecule has 1 saturated heterocycles. The van der Waals surface area contributed by atoms with Crippen LogP contribution in [0.5, 0.6) is 0 Å². The summed E-state index contributed by atoms with van der Waals surface area (Å²) in [4.78, 5) is 14.3. The molecule has 0 spiro atoms. The van der Waals surface area contributed by atoms with Crippen molar-refractivity contribution >= 4 is 17.7 Å². The van der Waals surface area contributed by atoms with Crippen molar-refractivity contribution < 1.29 is 9.18 Å². The quantitative estimate of drug-likeness (QED) is 0.791. The van der Waals surface area contributed by atoms with E-state index in [2.05, 4.69) is 17.1 Å². The van der Waals surface area contributed by atoms with E-state index in [1.54, 1.807) is 12.1 Å². The van der Waals surface area contributed by atoms with Crippen LogP contribution in [0.2, 0.25) is 0 Å². The van der Waals surface area contributed by atoms with E-state index in [-0.39, 0.29) is 11.7 Å². The minimum absolute atomic E-state index is 0.164. The van der Waals surface area contributed by atoms with Crippen LogP contribution < -0.4 is 0 Å². The monoisotopic (exact) mass is 345 g/mol. The molecule has 6 heteroatoms. The van der Waals surface area contributed by atoms with E-state index in [0.717, 1.165) is 30.0 Å². The van der Waals surface area contributed by atoms with E-state index in [0.29, 0.717) is 17.5 Å². The fourth-order valence-corrected chi connectivity index (χ4v) is 3.56. The average molecular weight is 345 g/mol. The van der Waals surface area contributed by atoms with Gasteiger partial charge >= 0.3 is 0 Å². The Balaban J connectivity index is 1.58. The molecule has 0 saturated carbocycles. The standard InChI is InChI=1S/C18H20FN3OS/c1-13-4-2-3-11-22(13)18(23)12-24-17-10-9-16(20-21-17)14-5-7-15(19)8-6-14/h5-10,13H,2-4,11-12H2,1H3/t13-/m0/s1. The Hall–Kier alpha value is -1.95. The Morgan fingerprint density at radius 2 is 2.00 bits per heavy atom. The second-order valence-corrected chi connectivity index (χ2v) is 6.98. The Bertz CT molecular complexity index is 690. The number of aromatic nitrogens is 2. The second-order valence-electron chi connectivity index (χ2n) is 5.98. The lowest BCUT2D eigenvalue weighted by Crippen LogP contribution is -2.42. The Kier molecular flexibility index (Phi) is 5.45. The number of benzene rings is 1. The first-order valence-electron chi connectivity index (χ1n) is 8.15. The number of likely N-dealkylation sites (tertiary alicyclic amines) is 1. The maximum absolute atomic E-state index is 12.9. The highest BCUT2D eigenvalue weighted by atomic mass is 32.2. The number of nitrogens with zero attached hydrogens (tertiary/aromatic N) is 3. The number of hydrogen-bond acceptors (Lipinski definition) is 4. The molecule has 1 atom stereocenters. The van der Waals surface area contributed by atoms with E-state index >= 15 is 0 Å². The van der Waals surface area contributed by atoms with Gasteiger partial charge in [0.05, 0.1) is 11.4 Å². The minimum atomic E-state index is -0.274. The number of rotatable bonds is 4. The summed E-state index contributed by atoms with van der Waals surface area (Å²) in [6.45, 7) is 2.97. The number of halogens is 1. The Labute approximate surface area is 145 Å². The lowest BCUT2D eigenvalue weighted by molar-refractivity contribution is -0.131. The highest BCUT2D eigenvalue weighted by molar-refractivity contribution is 7.99. The van der Waals surface area contributed by atoms with Gasteiger partial charge in [0.25, 0.3) is 0 Å². The van der Waals surface area contributed by atoms with Crippen LogP contribution in [-0.4, -0.2) is 39.3 Å². The van der Waals surface area contributed by atoms with Crippen LogP contribution in [0.3, 0.4) is 0 Å². The molecule has 1 amide bonds. The third-order valence-corrected chi connectivity index (χ3v) is 5.15. The predicted molar refractivity (Wildman–Crippen MR) is 93.2 cm³/mol. The van der Waals surface area contributed by atoms with Crippen molar-refractivity contribution in [3.63, 3.8) is 0 Å². The van der Waals surface area contributed by atoms with E-state index in [4.69, 9.17) is 0 Å². The lowest BCUT2D eigenvalue weighted by atomic mass is 10.0. The molecule has 1 aromatic carbocycles. The summed E-state index contributed by atoms with van der Waals surface area (Å²) in [5, 5.41) is 9.05. The molecule has 0 unspecified atom stereocenters. The zero-order valence-corrected chi connectivity index (χ0v) is 14.4. The van der Waals surface area contributed by atoms with E-state index in [9.17, 15) is 9.18 Å². The zero-order chi connectivity index (χ0) is 16.9. The van der Waals surface area contributed by atoms with Crippen molar-refractivity contribution in [1.29, 1.82) is 0 Å². The smallest absolute Gasteiger partial charge is 0.233 e. The highest BCUT2D eigenvalue weighted by Gasteiger charge is 2.23. The zero-order valence-electron chi connectivity index (χ0n) is 13.6. The third-order valence-electron chi connectivity index (χ3n) is 4.25. The number of piperidine rings is 1. The van der Waals surface area contributed by atoms with Gasteiger partial charge < -0.3 is 4.90 Å². The van der Waals surface area contributed by atoms with Crippen LogP contribution in [-0.2, 0) is 4.79 Å². The van der Waals surface area contributed by atoms with Crippen LogP contribution in [0.4, 0.5) is 4.39 Å². The van der Waals surface area contributed by atoms with Crippen molar-refractivity contribution in [2.45, 2.75) is 37.3 Å². The molecule has 0 radical (unpaired) electrons. The van der Waals surface area contributed by atoms with Crippen molar-refractivity contribution in [3.8, 4) is 11.3 Å². The van der Waals surface area contributed by atoms with Crippen molar-refractivity contribution in [2.24, 2.45) is 0 Å². The van der Waals surface area contributed by atoms with Crippen molar-refractivity contribution in [1.82, 2.24) is 15.1 Å². The van der Waals surface area contributed by atoms with Gasteiger partial charge in [0.15, 0.2) is 0 Å². The molecule has 2 heterocycles. The van der Waals surface area contributed by atoms with Gasteiger partial charge in [-0.2, -0.15) is 0 Å². The van der Waals surface area contributed by atoms with Crippen molar-refractivity contribution in [3.05, 3.63) is 42.2 Å². The Morgan fingerprint density at radius 3 is 2.67 bits per heavy atom. The molecule has 1 fully saturated rings. The summed E-state index contributed by atoms with van der Waals surface area (Å²) in [6.07, 6.45) is 3.38. The van der Waals surface area contributed by atoms with Crippen LogP contribution >= 0.6 is 11.8 Å². The Morgan fingerprint density at radius 1 is 1.21 bits per heavy atom. The van der Waals surface area contributed by atoms with E-state index in [1.807, 2.05) is 17.0 Å². The number of carbonyl (C=O) groups is 1. The fraction of sp³-hybridized carbons (Fsp3) is 0.389. The van der Waals surface area contributed by atoms with Gasteiger partial charge in [-0.1, -0.05) is 11.8 Å². The van der Waals surface area contributed by atoms with Gasteiger partial charge in [-0.15, -0.1) is 10.2 Å². The average Bonchev–Trinajstić information content (AvgIpc) is 2.61. The summed E-state index contributed by atoms with van der Waals surface area (Å²) in [7, 11) is 0. The summed E-state index contributed by atoms with van der Waals surface area (Å²) in [6, 6.07) is 10.2. The molecule has 4 nitrogen and oxygen atoms in total. The minimum Gasteiger partial charge on any atom is -0.339 e. The van der Waals surface area contributed by atoms with Crippen LogP contribution in [0.1, 0.15) is 26.2 Å². The summed E-state index contributed by atoms with van der Waals surface area (Å²) in [5.74, 6) is 0.274. The lowest BCUT2D eigenvalue weighted by Gasteiger charge is -2.33. The van der Waals surface area contributed by atoms with Gasteiger partial charge in [-0.25, -0.2) is 4.39 Å². The normalized spacial score (nSPS) is 17.8. The van der Waals surface area contributed by atoms with Gasteiger partial charge in [0, 0.05) is 18.2 Å². The van der Waals surface area contributed by atoms with E-state index < -0.39 is 0 Å². The maximum Gasteiger partial charge on any atom is 0.233 e. The molecule has 3 rings (SSSR count). The summed E-state index contributed by atoms with van der Waals surface area (Å²) in [5.41, 5.74) is 1.51. The van der Waals surface area contributed by atoms with E-state index in [1.165, 1.54) is 30.3 Å². The number of thioether (sulfide) groups is 1. The van der Waals surface area contributed by atoms with Gasteiger partial charge in [0.1, 0.15) is 10.8 Å². The van der Waals surface area contributed by atoms with Crippen molar-refractivity contribution in [2.75, 3.05) is 12.3 Å². The maximum atomic E-state index is 12.9.